The Morgan fingerprint density at radius 1 is 1.27 bits per heavy atom. The van der Waals surface area contributed by atoms with Gasteiger partial charge in [-0.3, -0.25) is 0 Å². The zero-order valence-corrected chi connectivity index (χ0v) is 13.0. The van der Waals surface area contributed by atoms with Gasteiger partial charge in [-0.1, -0.05) is 0 Å². The first-order valence-electron chi connectivity index (χ1n) is 6.97. The van der Waals surface area contributed by atoms with Gasteiger partial charge in [-0.15, -0.1) is 0 Å². The van der Waals surface area contributed by atoms with Crippen LogP contribution >= 0.6 is 0 Å². The summed E-state index contributed by atoms with van der Waals surface area (Å²) < 4.78 is 21.8. The first kappa shape index (κ1) is 16.4. The summed E-state index contributed by atoms with van der Waals surface area (Å²) in [5.41, 5.74) is 0.780. The zero-order valence-electron chi connectivity index (χ0n) is 13.0. The number of cyclic esters (lactones) is 1. The second-order valence-electron chi connectivity index (χ2n) is 5.34. The molecule has 0 saturated heterocycles. The van der Waals surface area contributed by atoms with Crippen LogP contribution in [0, 0.1) is 6.92 Å². The maximum Gasteiger partial charge on any atom is 0.491 e. The van der Waals surface area contributed by atoms with Crippen LogP contribution < -0.4 is 14.2 Å². The van der Waals surface area contributed by atoms with Crippen molar-refractivity contribution < 1.29 is 33.8 Å². The van der Waals surface area contributed by atoms with E-state index in [0.29, 0.717) is 17.9 Å². The van der Waals surface area contributed by atoms with Gasteiger partial charge in [-0.25, -0.2) is 4.79 Å². The van der Waals surface area contributed by atoms with Crippen molar-refractivity contribution in [1.82, 2.24) is 0 Å². The van der Waals surface area contributed by atoms with E-state index in [9.17, 15) is 4.79 Å². The molecule has 0 saturated carbocycles. The Bertz CT molecular complexity index is 583. The van der Waals surface area contributed by atoms with Crippen LogP contribution in [0.15, 0.2) is 6.07 Å². The highest BCUT2D eigenvalue weighted by molar-refractivity contribution is 6.40. The van der Waals surface area contributed by atoms with Crippen molar-refractivity contribution >= 4 is 13.1 Å². The lowest BCUT2D eigenvalue weighted by atomic mass is 9.94. The molecule has 8 heteroatoms. The summed E-state index contributed by atoms with van der Waals surface area (Å²) in [6, 6.07) is 1.63. The highest BCUT2D eigenvalue weighted by Crippen LogP contribution is 2.45. The van der Waals surface area contributed by atoms with Crippen LogP contribution in [-0.2, 0) is 4.74 Å². The number of carbonyl (C=O) groups is 1. The SMILES string of the molecule is CCOc1cc(C)c(OCB(O)O)c2c1C(=O)OC(C)(C)O2. The highest BCUT2D eigenvalue weighted by atomic mass is 16.7. The minimum absolute atomic E-state index is 0.134. The van der Waals surface area contributed by atoms with Gasteiger partial charge in [0.15, 0.2) is 11.5 Å². The summed E-state index contributed by atoms with van der Waals surface area (Å²) in [5, 5.41) is 18.0. The van der Waals surface area contributed by atoms with Gasteiger partial charge in [-0.2, -0.15) is 0 Å². The Kier molecular flexibility index (Phi) is 4.53. The van der Waals surface area contributed by atoms with Crippen molar-refractivity contribution in [2.75, 3.05) is 13.1 Å². The molecular formula is C14H19BO7. The van der Waals surface area contributed by atoms with E-state index in [1.165, 1.54) is 0 Å². The fraction of sp³-hybridized carbons (Fsp3) is 0.500. The third-order valence-electron chi connectivity index (χ3n) is 2.95. The van der Waals surface area contributed by atoms with Crippen molar-refractivity contribution in [1.29, 1.82) is 0 Å². The lowest BCUT2D eigenvalue weighted by Gasteiger charge is -2.33. The quantitative estimate of drug-likeness (QED) is 0.620. The van der Waals surface area contributed by atoms with Crippen LogP contribution in [0.3, 0.4) is 0 Å². The van der Waals surface area contributed by atoms with Crippen LogP contribution in [0.2, 0.25) is 0 Å². The molecule has 0 aliphatic carbocycles. The second-order valence-corrected chi connectivity index (χ2v) is 5.34. The van der Waals surface area contributed by atoms with Crippen molar-refractivity contribution in [2.24, 2.45) is 0 Å². The summed E-state index contributed by atoms with van der Waals surface area (Å²) >= 11 is 0. The van der Waals surface area contributed by atoms with E-state index in [-0.39, 0.29) is 23.6 Å². The van der Waals surface area contributed by atoms with Gasteiger partial charge in [0.1, 0.15) is 17.8 Å². The molecule has 1 aromatic rings. The molecule has 2 rings (SSSR count). The summed E-state index contributed by atoms with van der Waals surface area (Å²) in [5.74, 6) is -0.949. The Balaban J connectivity index is 2.56. The number of hydrogen-bond donors (Lipinski definition) is 2. The number of aryl methyl sites for hydroxylation is 1. The van der Waals surface area contributed by atoms with Gasteiger partial charge in [-0.05, 0) is 25.5 Å². The highest BCUT2D eigenvalue weighted by Gasteiger charge is 2.39. The predicted molar refractivity (Wildman–Crippen MR) is 78.2 cm³/mol. The third-order valence-corrected chi connectivity index (χ3v) is 2.95. The number of carbonyl (C=O) groups excluding carboxylic acids is 1. The van der Waals surface area contributed by atoms with Crippen LogP contribution in [-0.4, -0.2) is 42.0 Å². The van der Waals surface area contributed by atoms with Crippen LogP contribution in [0.1, 0.15) is 36.7 Å². The Hall–Kier alpha value is -1.93. The minimum atomic E-state index is -1.63. The van der Waals surface area contributed by atoms with E-state index < -0.39 is 18.9 Å². The molecule has 2 N–H and O–H groups in total. The smallest absolute Gasteiger partial charge is 0.491 e. The summed E-state index contributed by atoms with van der Waals surface area (Å²) in [7, 11) is -1.63. The summed E-state index contributed by atoms with van der Waals surface area (Å²) in [6.07, 6.45) is 0. The van der Waals surface area contributed by atoms with Crippen molar-refractivity contribution in [2.45, 2.75) is 33.5 Å². The van der Waals surface area contributed by atoms with E-state index in [0.717, 1.165) is 0 Å². The van der Waals surface area contributed by atoms with Gasteiger partial charge < -0.3 is 29.0 Å². The summed E-state index contributed by atoms with van der Waals surface area (Å²) in [4.78, 5) is 12.3. The maximum absolute atomic E-state index is 12.3. The topological polar surface area (TPSA) is 94.5 Å². The molecule has 1 aromatic carbocycles. The van der Waals surface area contributed by atoms with Gasteiger partial charge in [0, 0.05) is 13.8 Å². The van der Waals surface area contributed by atoms with E-state index >= 15 is 0 Å². The third kappa shape index (κ3) is 3.28. The van der Waals surface area contributed by atoms with Crippen LogP contribution in [0.4, 0.5) is 0 Å². The molecule has 22 heavy (non-hydrogen) atoms. The zero-order chi connectivity index (χ0) is 16.5. The number of hydrogen-bond acceptors (Lipinski definition) is 7. The van der Waals surface area contributed by atoms with Gasteiger partial charge in [0.25, 0.3) is 0 Å². The molecule has 1 aliphatic rings. The minimum Gasteiger partial charge on any atom is -0.493 e. The first-order valence-corrected chi connectivity index (χ1v) is 6.97. The molecule has 0 bridgehead atoms. The number of esters is 1. The number of fused-ring (bicyclic) bond motifs is 1. The van der Waals surface area contributed by atoms with Gasteiger partial charge in [0.05, 0.1) is 6.61 Å². The Morgan fingerprint density at radius 3 is 2.55 bits per heavy atom. The van der Waals surface area contributed by atoms with Gasteiger partial charge >= 0.3 is 13.1 Å². The molecular weight excluding hydrogens is 291 g/mol. The van der Waals surface area contributed by atoms with E-state index in [4.69, 9.17) is 29.0 Å². The molecule has 0 aromatic heterocycles. The normalized spacial score (nSPS) is 15.5. The molecule has 120 valence electrons. The molecule has 0 amide bonds. The van der Waals surface area contributed by atoms with Crippen molar-refractivity contribution in [3.8, 4) is 17.2 Å². The van der Waals surface area contributed by atoms with Gasteiger partial charge in [0.2, 0.25) is 5.79 Å². The van der Waals surface area contributed by atoms with E-state index in [1.807, 2.05) is 0 Å². The monoisotopic (exact) mass is 310 g/mol. The number of ether oxygens (including phenoxy) is 4. The molecule has 7 nitrogen and oxygen atoms in total. The molecule has 0 unspecified atom stereocenters. The van der Waals surface area contributed by atoms with E-state index in [1.54, 1.807) is 33.8 Å². The predicted octanol–water partition coefficient (Wildman–Crippen LogP) is 1.07. The van der Waals surface area contributed by atoms with Crippen molar-refractivity contribution in [3.63, 3.8) is 0 Å². The first-order chi connectivity index (χ1) is 10.2. The molecule has 1 aliphatic heterocycles. The fourth-order valence-electron chi connectivity index (χ4n) is 2.18. The maximum atomic E-state index is 12.3. The summed E-state index contributed by atoms with van der Waals surface area (Å²) in [6.45, 7) is 6.77. The number of benzene rings is 1. The average molecular weight is 310 g/mol. The largest absolute Gasteiger partial charge is 0.493 e. The lowest BCUT2D eigenvalue weighted by Crippen LogP contribution is -2.39. The van der Waals surface area contributed by atoms with Crippen LogP contribution in [0.25, 0.3) is 0 Å². The lowest BCUT2D eigenvalue weighted by molar-refractivity contribution is -0.128. The Labute approximate surface area is 128 Å². The molecule has 0 spiro atoms. The molecule has 0 atom stereocenters. The molecule has 0 fully saturated rings. The molecule has 0 radical (unpaired) electrons. The second kappa shape index (κ2) is 6.06. The average Bonchev–Trinajstić information content (AvgIpc) is 2.35. The molecule has 1 heterocycles. The van der Waals surface area contributed by atoms with Crippen LogP contribution in [0.5, 0.6) is 17.2 Å². The van der Waals surface area contributed by atoms with Crippen molar-refractivity contribution in [3.05, 3.63) is 17.2 Å². The standard InChI is InChI=1S/C14H19BO7/c1-5-19-9-6-8(2)11(20-7-15(17)18)12-10(9)13(16)22-14(3,4)21-12/h6,17-18H,5,7H2,1-4H3. The van der Waals surface area contributed by atoms with E-state index in [2.05, 4.69) is 0 Å². The Morgan fingerprint density at radius 2 is 1.95 bits per heavy atom. The fourth-order valence-corrected chi connectivity index (χ4v) is 2.18. The number of rotatable bonds is 5.